The van der Waals surface area contributed by atoms with Gasteiger partial charge in [-0.25, -0.2) is 0 Å². The van der Waals surface area contributed by atoms with Gasteiger partial charge in [-0.05, 0) is 38.5 Å². The van der Waals surface area contributed by atoms with Crippen molar-refractivity contribution in [3.8, 4) is 0 Å². The number of unbranched alkanes of at least 4 members (excludes halogenated alkanes) is 2. The third-order valence-corrected chi connectivity index (χ3v) is 7.33. The summed E-state index contributed by atoms with van der Waals surface area (Å²) in [5.41, 5.74) is 0. The Balaban J connectivity index is 3.81. The van der Waals surface area contributed by atoms with Gasteiger partial charge < -0.3 is 10.2 Å². The van der Waals surface area contributed by atoms with Gasteiger partial charge in [0.05, 0.1) is 0 Å². The van der Waals surface area contributed by atoms with Gasteiger partial charge in [0.25, 0.3) is 0 Å². The number of hydrogen-bond acceptors (Lipinski definition) is 4. The molecule has 0 aromatic rings. The lowest BCUT2D eigenvalue weighted by atomic mass is 10.1. The maximum atomic E-state index is 10.5. The third-order valence-electron chi connectivity index (χ3n) is 3.57. The Bertz CT molecular complexity index is 281. The van der Waals surface area contributed by atoms with Crippen LogP contribution in [-0.2, 0) is 9.59 Å². The van der Waals surface area contributed by atoms with Crippen molar-refractivity contribution in [2.45, 2.75) is 88.6 Å². The van der Waals surface area contributed by atoms with Crippen LogP contribution in [0.15, 0.2) is 0 Å². The number of rotatable bonds is 15. The highest BCUT2D eigenvalue weighted by atomic mass is 33.1. The van der Waals surface area contributed by atoms with E-state index in [2.05, 4.69) is 13.8 Å². The van der Waals surface area contributed by atoms with Gasteiger partial charge in [0.1, 0.15) is 0 Å². The zero-order valence-corrected chi connectivity index (χ0v) is 15.4. The van der Waals surface area contributed by atoms with Crippen LogP contribution in [-0.4, -0.2) is 32.7 Å². The van der Waals surface area contributed by atoms with Crippen molar-refractivity contribution < 1.29 is 19.8 Å². The number of carboxylic acid groups (broad SMARTS) is 2. The molecule has 0 fully saturated rings. The Labute approximate surface area is 142 Å². The molecule has 4 nitrogen and oxygen atoms in total. The highest BCUT2D eigenvalue weighted by molar-refractivity contribution is 8.77. The summed E-state index contributed by atoms with van der Waals surface area (Å²) in [6.07, 6.45) is 8.42. The molecule has 0 aromatic carbocycles. The quantitative estimate of drug-likeness (QED) is 0.312. The van der Waals surface area contributed by atoms with E-state index < -0.39 is 11.9 Å². The summed E-state index contributed by atoms with van der Waals surface area (Å²) < 4.78 is 0. The molecule has 0 amide bonds. The van der Waals surface area contributed by atoms with E-state index in [1.165, 1.54) is 0 Å². The Hall–Kier alpha value is -0.360. The van der Waals surface area contributed by atoms with Crippen LogP contribution >= 0.6 is 21.6 Å². The monoisotopic (exact) mass is 350 g/mol. The molecule has 0 aliphatic rings. The van der Waals surface area contributed by atoms with Crippen LogP contribution < -0.4 is 0 Å². The summed E-state index contributed by atoms with van der Waals surface area (Å²) in [6.45, 7) is 4.37. The van der Waals surface area contributed by atoms with Gasteiger partial charge in [-0.2, -0.15) is 0 Å². The van der Waals surface area contributed by atoms with Crippen LogP contribution in [0.4, 0.5) is 0 Å². The molecule has 2 unspecified atom stereocenters. The first-order valence-corrected chi connectivity index (χ1v) is 10.5. The van der Waals surface area contributed by atoms with Crippen LogP contribution in [0.5, 0.6) is 0 Å². The summed E-state index contributed by atoms with van der Waals surface area (Å²) in [5.74, 6) is -1.41. The fraction of sp³-hybridized carbons (Fsp3) is 0.875. The minimum absolute atomic E-state index is 0.273. The number of hydrogen-bond donors (Lipinski definition) is 2. The molecule has 6 heteroatoms. The van der Waals surface area contributed by atoms with E-state index in [-0.39, 0.29) is 12.8 Å². The summed E-state index contributed by atoms with van der Waals surface area (Å²) >= 11 is 0. The summed E-state index contributed by atoms with van der Waals surface area (Å²) in [4.78, 5) is 21.0. The smallest absolute Gasteiger partial charge is 0.303 e. The van der Waals surface area contributed by atoms with Crippen molar-refractivity contribution in [2.24, 2.45) is 0 Å². The fourth-order valence-corrected chi connectivity index (χ4v) is 5.54. The minimum atomic E-state index is -0.706. The number of aliphatic carboxylic acids is 2. The first kappa shape index (κ1) is 21.6. The lowest BCUT2D eigenvalue weighted by Crippen LogP contribution is -2.04. The van der Waals surface area contributed by atoms with E-state index in [0.29, 0.717) is 10.5 Å². The maximum Gasteiger partial charge on any atom is 0.303 e. The van der Waals surface area contributed by atoms with Crippen molar-refractivity contribution in [3.63, 3.8) is 0 Å². The van der Waals surface area contributed by atoms with E-state index in [1.54, 1.807) is 0 Å². The second-order valence-electron chi connectivity index (χ2n) is 5.53. The molecule has 0 bridgehead atoms. The molecular formula is C16H30O4S2. The van der Waals surface area contributed by atoms with E-state index in [9.17, 15) is 9.59 Å². The van der Waals surface area contributed by atoms with Crippen molar-refractivity contribution in [2.75, 3.05) is 0 Å². The molecule has 2 atom stereocenters. The Morgan fingerprint density at radius 2 is 1.14 bits per heavy atom. The van der Waals surface area contributed by atoms with Gasteiger partial charge in [-0.3, -0.25) is 9.59 Å². The Kier molecular flexibility index (Phi) is 14.0. The molecule has 130 valence electrons. The maximum absolute atomic E-state index is 10.5. The first-order valence-electron chi connectivity index (χ1n) is 8.25. The van der Waals surface area contributed by atoms with Crippen molar-refractivity contribution >= 4 is 33.5 Å². The van der Waals surface area contributed by atoms with Crippen molar-refractivity contribution in [1.82, 2.24) is 0 Å². The summed E-state index contributed by atoms with van der Waals surface area (Å²) in [5, 5.41) is 18.4. The molecule has 0 heterocycles. The highest BCUT2D eigenvalue weighted by Gasteiger charge is 2.13. The van der Waals surface area contributed by atoms with Gasteiger partial charge in [0.2, 0.25) is 0 Å². The molecule has 0 aliphatic carbocycles. The average molecular weight is 351 g/mol. The van der Waals surface area contributed by atoms with E-state index in [1.807, 2.05) is 21.6 Å². The van der Waals surface area contributed by atoms with Crippen molar-refractivity contribution in [1.29, 1.82) is 0 Å². The third kappa shape index (κ3) is 13.3. The molecule has 0 saturated heterocycles. The van der Waals surface area contributed by atoms with Crippen molar-refractivity contribution in [3.05, 3.63) is 0 Å². The molecule has 2 N–H and O–H groups in total. The largest absolute Gasteiger partial charge is 0.481 e. The predicted molar refractivity (Wildman–Crippen MR) is 95.5 cm³/mol. The van der Waals surface area contributed by atoms with Crippen LogP contribution in [0.3, 0.4) is 0 Å². The highest BCUT2D eigenvalue weighted by Crippen LogP contribution is 2.38. The Morgan fingerprint density at radius 1 is 0.773 bits per heavy atom. The lowest BCUT2D eigenvalue weighted by molar-refractivity contribution is -0.138. The second-order valence-corrected chi connectivity index (χ2v) is 8.40. The molecular weight excluding hydrogens is 320 g/mol. The van der Waals surface area contributed by atoms with Crippen LogP contribution in [0.25, 0.3) is 0 Å². The fourth-order valence-electron chi connectivity index (χ4n) is 2.09. The number of carbonyl (C=O) groups is 2. The van der Waals surface area contributed by atoms with Gasteiger partial charge in [0, 0.05) is 23.3 Å². The molecule has 0 aromatic heterocycles. The van der Waals surface area contributed by atoms with Crippen LogP contribution in [0.2, 0.25) is 0 Å². The molecule has 0 aliphatic heterocycles. The molecule has 0 spiro atoms. The Morgan fingerprint density at radius 3 is 1.41 bits per heavy atom. The van der Waals surface area contributed by atoms with Crippen LogP contribution in [0.1, 0.15) is 78.1 Å². The summed E-state index contributed by atoms with van der Waals surface area (Å²) in [7, 11) is 3.86. The van der Waals surface area contributed by atoms with E-state index in [0.717, 1.165) is 51.4 Å². The zero-order chi connectivity index (χ0) is 16.8. The van der Waals surface area contributed by atoms with E-state index >= 15 is 0 Å². The number of carboxylic acids is 2. The SMILES string of the molecule is CCC(CCCCC(=O)O)SSC(CC)CCCCC(=O)O. The van der Waals surface area contributed by atoms with E-state index in [4.69, 9.17) is 10.2 Å². The predicted octanol–water partition coefficient (Wildman–Crippen LogP) is 5.22. The molecule has 0 rings (SSSR count). The van der Waals surface area contributed by atoms with Gasteiger partial charge in [-0.15, -0.1) is 0 Å². The van der Waals surface area contributed by atoms with Gasteiger partial charge in [0.15, 0.2) is 0 Å². The molecule has 0 radical (unpaired) electrons. The molecule has 0 saturated carbocycles. The molecule has 22 heavy (non-hydrogen) atoms. The van der Waals surface area contributed by atoms with Gasteiger partial charge in [-0.1, -0.05) is 48.3 Å². The topological polar surface area (TPSA) is 74.6 Å². The standard InChI is InChI=1S/C16H30O4S2/c1-3-13(9-5-7-11-15(17)18)21-22-14(4-2)10-6-8-12-16(19)20/h13-14H,3-12H2,1-2H3,(H,17,18)(H,19,20). The normalized spacial score (nSPS) is 13.7. The van der Waals surface area contributed by atoms with Gasteiger partial charge >= 0.3 is 11.9 Å². The summed E-state index contributed by atoms with van der Waals surface area (Å²) in [6, 6.07) is 0. The van der Waals surface area contributed by atoms with Crippen LogP contribution in [0, 0.1) is 0 Å². The minimum Gasteiger partial charge on any atom is -0.481 e. The average Bonchev–Trinajstić information content (AvgIpc) is 2.47. The zero-order valence-electron chi connectivity index (χ0n) is 13.8. The first-order chi connectivity index (χ1) is 10.5. The lowest BCUT2D eigenvalue weighted by Gasteiger charge is -2.18. The second kappa shape index (κ2) is 14.2.